The zero-order valence-corrected chi connectivity index (χ0v) is 7.20. The fraction of sp³-hybridized carbons (Fsp3) is 0.556. The Kier molecular flexibility index (Phi) is 2.04. The van der Waals surface area contributed by atoms with Crippen LogP contribution in [0, 0.1) is 5.92 Å². The van der Waals surface area contributed by atoms with E-state index in [9.17, 15) is 0 Å². The zero-order chi connectivity index (χ0) is 8.39. The molecule has 0 aliphatic heterocycles. The maximum atomic E-state index is 4.24. The Labute approximate surface area is 72.2 Å². The van der Waals surface area contributed by atoms with Gasteiger partial charge in [0.1, 0.15) is 6.33 Å². The van der Waals surface area contributed by atoms with Crippen molar-refractivity contribution in [1.82, 2.24) is 15.3 Å². The molecular formula is C9H13N3. The van der Waals surface area contributed by atoms with E-state index in [1.165, 1.54) is 12.8 Å². The van der Waals surface area contributed by atoms with Crippen molar-refractivity contribution in [3.8, 4) is 0 Å². The van der Waals surface area contributed by atoms with Crippen molar-refractivity contribution in [1.29, 1.82) is 0 Å². The summed E-state index contributed by atoms with van der Waals surface area (Å²) in [6.45, 7) is 0. The smallest absolute Gasteiger partial charge is 0.115 e. The Balaban J connectivity index is 2.15. The standard InChI is InChI=1S/C9H13N3/c1-10-9(7-2-3-7)8-4-5-11-6-12-8/h4-7,9-10H,2-3H2,1H3. The van der Waals surface area contributed by atoms with Crippen LogP contribution >= 0.6 is 0 Å². The Morgan fingerprint density at radius 1 is 1.58 bits per heavy atom. The van der Waals surface area contributed by atoms with E-state index in [1.807, 2.05) is 13.1 Å². The molecule has 1 atom stereocenters. The quantitative estimate of drug-likeness (QED) is 0.726. The molecule has 3 nitrogen and oxygen atoms in total. The Morgan fingerprint density at radius 3 is 2.92 bits per heavy atom. The second kappa shape index (κ2) is 3.19. The summed E-state index contributed by atoms with van der Waals surface area (Å²) in [5.74, 6) is 0.796. The van der Waals surface area contributed by atoms with Crippen molar-refractivity contribution in [2.75, 3.05) is 7.05 Å². The molecule has 0 radical (unpaired) electrons. The highest BCUT2D eigenvalue weighted by atomic mass is 14.9. The van der Waals surface area contributed by atoms with E-state index in [2.05, 4.69) is 15.3 Å². The van der Waals surface area contributed by atoms with Gasteiger partial charge in [0.2, 0.25) is 0 Å². The predicted molar refractivity (Wildman–Crippen MR) is 46.6 cm³/mol. The van der Waals surface area contributed by atoms with Gasteiger partial charge in [-0.2, -0.15) is 0 Å². The van der Waals surface area contributed by atoms with Gasteiger partial charge in [0.05, 0.1) is 11.7 Å². The molecule has 64 valence electrons. The topological polar surface area (TPSA) is 37.8 Å². The molecule has 1 aromatic rings. The van der Waals surface area contributed by atoms with Crippen LogP contribution < -0.4 is 5.32 Å². The zero-order valence-electron chi connectivity index (χ0n) is 7.20. The largest absolute Gasteiger partial charge is 0.311 e. The van der Waals surface area contributed by atoms with Gasteiger partial charge in [0, 0.05) is 6.20 Å². The molecule has 0 bridgehead atoms. The number of nitrogens with one attached hydrogen (secondary N) is 1. The van der Waals surface area contributed by atoms with Crippen molar-refractivity contribution < 1.29 is 0 Å². The number of hydrogen-bond donors (Lipinski definition) is 1. The Hall–Kier alpha value is -0.960. The minimum absolute atomic E-state index is 0.438. The monoisotopic (exact) mass is 163 g/mol. The minimum Gasteiger partial charge on any atom is -0.311 e. The first-order chi connectivity index (χ1) is 5.92. The van der Waals surface area contributed by atoms with Crippen LogP contribution in [0.1, 0.15) is 24.6 Å². The molecule has 12 heavy (non-hydrogen) atoms. The van der Waals surface area contributed by atoms with Crippen molar-refractivity contribution in [3.63, 3.8) is 0 Å². The highest BCUT2D eigenvalue weighted by Gasteiger charge is 2.31. The summed E-state index contributed by atoms with van der Waals surface area (Å²) in [7, 11) is 1.99. The molecule has 0 saturated heterocycles. The van der Waals surface area contributed by atoms with Crippen molar-refractivity contribution >= 4 is 0 Å². The van der Waals surface area contributed by atoms with E-state index in [0.717, 1.165) is 11.6 Å². The molecule has 1 aliphatic rings. The van der Waals surface area contributed by atoms with E-state index in [1.54, 1.807) is 12.5 Å². The summed E-state index contributed by atoms with van der Waals surface area (Å²) in [6.07, 6.45) is 6.07. The third-order valence-electron chi connectivity index (χ3n) is 2.33. The second-order valence-electron chi connectivity index (χ2n) is 3.24. The van der Waals surface area contributed by atoms with Crippen LogP contribution in [0.25, 0.3) is 0 Å². The SMILES string of the molecule is CNC(c1ccncn1)C1CC1. The summed E-state index contributed by atoms with van der Waals surface area (Å²) in [6, 6.07) is 2.42. The Morgan fingerprint density at radius 2 is 2.42 bits per heavy atom. The van der Waals surface area contributed by atoms with Gasteiger partial charge in [0.15, 0.2) is 0 Å². The highest BCUT2D eigenvalue weighted by molar-refractivity contribution is 5.08. The lowest BCUT2D eigenvalue weighted by atomic mass is 10.1. The van der Waals surface area contributed by atoms with Crippen molar-refractivity contribution in [2.24, 2.45) is 5.92 Å². The summed E-state index contributed by atoms with van der Waals surface area (Å²) in [5.41, 5.74) is 1.12. The third-order valence-corrected chi connectivity index (χ3v) is 2.33. The highest BCUT2D eigenvalue weighted by Crippen LogP contribution is 2.39. The first-order valence-electron chi connectivity index (χ1n) is 4.35. The van der Waals surface area contributed by atoms with E-state index < -0.39 is 0 Å². The van der Waals surface area contributed by atoms with Gasteiger partial charge in [-0.25, -0.2) is 9.97 Å². The van der Waals surface area contributed by atoms with Crippen LogP contribution in [0.5, 0.6) is 0 Å². The van der Waals surface area contributed by atoms with E-state index in [0.29, 0.717) is 6.04 Å². The van der Waals surface area contributed by atoms with Crippen LogP contribution in [-0.4, -0.2) is 17.0 Å². The van der Waals surface area contributed by atoms with Crippen molar-refractivity contribution in [2.45, 2.75) is 18.9 Å². The maximum absolute atomic E-state index is 4.24. The molecule has 1 heterocycles. The lowest BCUT2D eigenvalue weighted by Gasteiger charge is -2.13. The fourth-order valence-corrected chi connectivity index (χ4v) is 1.54. The Bertz CT molecular complexity index is 243. The summed E-state index contributed by atoms with van der Waals surface area (Å²) in [4.78, 5) is 8.14. The van der Waals surface area contributed by atoms with Gasteiger partial charge >= 0.3 is 0 Å². The number of hydrogen-bond acceptors (Lipinski definition) is 3. The number of nitrogens with zero attached hydrogens (tertiary/aromatic N) is 2. The van der Waals surface area contributed by atoms with Crippen molar-refractivity contribution in [3.05, 3.63) is 24.3 Å². The lowest BCUT2D eigenvalue weighted by molar-refractivity contribution is 0.514. The molecule has 1 unspecified atom stereocenters. The lowest BCUT2D eigenvalue weighted by Crippen LogP contribution is -2.19. The normalized spacial score (nSPS) is 19.1. The summed E-state index contributed by atoms with van der Waals surface area (Å²) in [5, 5.41) is 3.29. The average molecular weight is 163 g/mol. The molecule has 1 saturated carbocycles. The van der Waals surface area contributed by atoms with Gasteiger partial charge < -0.3 is 5.32 Å². The first-order valence-corrected chi connectivity index (χ1v) is 4.35. The number of rotatable bonds is 3. The van der Waals surface area contributed by atoms with Gasteiger partial charge in [-0.3, -0.25) is 0 Å². The summed E-state index contributed by atoms with van der Waals surface area (Å²) < 4.78 is 0. The van der Waals surface area contributed by atoms with Gasteiger partial charge in [-0.1, -0.05) is 0 Å². The van der Waals surface area contributed by atoms with Crippen LogP contribution in [-0.2, 0) is 0 Å². The number of aromatic nitrogens is 2. The molecule has 1 aliphatic carbocycles. The second-order valence-corrected chi connectivity index (χ2v) is 3.24. The fourth-order valence-electron chi connectivity index (χ4n) is 1.54. The van der Waals surface area contributed by atoms with E-state index >= 15 is 0 Å². The van der Waals surface area contributed by atoms with E-state index in [4.69, 9.17) is 0 Å². The van der Waals surface area contributed by atoms with Gasteiger partial charge in [0.25, 0.3) is 0 Å². The molecule has 1 aromatic heterocycles. The van der Waals surface area contributed by atoms with Crippen LogP contribution in [0.15, 0.2) is 18.6 Å². The molecule has 0 aromatic carbocycles. The molecule has 2 rings (SSSR count). The predicted octanol–water partition coefficient (Wildman–Crippen LogP) is 1.15. The van der Waals surface area contributed by atoms with Crippen LogP contribution in [0.3, 0.4) is 0 Å². The molecule has 1 N–H and O–H groups in total. The molecule has 3 heteroatoms. The maximum Gasteiger partial charge on any atom is 0.115 e. The van der Waals surface area contributed by atoms with E-state index in [-0.39, 0.29) is 0 Å². The van der Waals surface area contributed by atoms with Crippen LogP contribution in [0.2, 0.25) is 0 Å². The van der Waals surface area contributed by atoms with Gasteiger partial charge in [-0.05, 0) is 31.9 Å². The summed E-state index contributed by atoms with van der Waals surface area (Å²) >= 11 is 0. The van der Waals surface area contributed by atoms with Gasteiger partial charge in [-0.15, -0.1) is 0 Å². The van der Waals surface area contributed by atoms with Crippen LogP contribution in [0.4, 0.5) is 0 Å². The molecule has 1 fully saturated rings. The molecular weight excluding hydrogens is 150 g/mol. The third kappa shape index (κ3) is 1.46. The minimum atomic E-state index is 0.438. The molecule has 0 amide bonds. The average Bonchev–Trinajstić information content (AvgIpc) is 2.92. The molecule has 0 spiro atoms. The first kappa shape index (κ1) is 7.68.